The topological polar surface area (TPSA) is 43.2 Å². The third-order valence-electron chi connectivity index (χ3n) is 5.00. The normalized spacial score (nSPS) is 14.5. The largest absolute Gasteiger partial charge is 0.485 e. The highest BCUT2D eigenvalue weighted by atomic mass is 32.2. The minimum atomic E-state index is 0.388. The van der Waals surface area contributed by atoms with Gasteiger partial charge in [0, 0.05) is 18.0 Å². The van der Waals surface area contributed by atoms with Crippen molar-refractivity contribution in [2.45, 2.75) is 31.5 Å². The summed E-state index contributed by atoms with van der Waals surface area (Å²) in [5.74, 6) is 2.72. The number of aromatic nitrogens is 3. The van der Waals surface area contributed by atoms with Gasteiger partial charge in [0.15, 0.2) is 11.0 Å². The summed E-state index contributed by atoms with van der Waals surface area (Å²) in [5.41, 5.74) is 2.19. The van der Waals surface area contributed by atoms with Crippen LogP contribution >= 0.6 is 11.8 Å². The maximum Gasteiger partial charge on any atom is 0.195 e. The van der Waals surface area contributed by atoms with Crippen LogP contribution in [0.25, 0.3) is 5.69 Å². The first-order valence-electron chi connectivity index (χ1n) is 9.84. The second-order valence-corrected chi connectivity index (χ2v) is 8.08. The first-order chi connectivity index (χ1) is 13.8. The molecule has 1 saturated heterocycles. The highest BCUT2D eigenvalue weighted by Gasteiger charge is 2.17. The Morgan fingerprint density at radius 1 is 0.964 bits per heavy atom. The van der Waals surface area contributed by atoms with E-state index in [4.69, 9.17) is 4.74 Å². The number of ether oxygens (including phenoxy) is 1. The Morgan fingerprint density at radius 2 is 1.71 bits per heavy atom. The first-order valence-corrected chi connectivity index (χ1v) is 10.8. The fourth-order valence-electron chi connectivity index (χ4n) is 3.46. The highest BCUT2D eigenvalue weighted by molar-refractivity contribution is 7.99. The summed E-state index contributed by atoms with van der Waals surface area (Å²) in [5, 5.41) is 9.83. The molecule has 0 bridgehead atoms. The van der Waals surface area contributed by atoms with Crippen molar-refractivity contribution in [3.8, 4) is 11.4 Å². The van der Waals surface area contributed by atoms with Crippen LogP contribution in [-0.2, 0) is 6.61 Å². The molecule has 146 valence electrons. The number of para-hydroxylation sites is 2. The Bertz CT molecular complexity index is 891. The number of aryl methyl sites for hydroxylation is 1. The van der Waals surface area contributed by atoms with E-state index in [1.54, 1.807) is 11.8 Å². The zero-order chi connectivity index (χ0) is 19.2. The van der Waals surface area contributed by atoms with Gasteiger partial charge in [-0.15, -0.1) is 10.2 Å². The molecule has 1 aromatic heterocycles. The van der Waals surface area contributed by atoms with Crippen molar-refractivity contribution in [2.75, 3.05) is 25.4 Å². The zero-order valence-corrected chi connectivity index (χ0v) is 17.1. The Balaban J connectivity index is 1.50. The van der Waals surface area contributed by atoms with Crippen molar-refractivity contribution in [2.24, 2.45) is 0 Å². The molecule has 0 unspecified atom stereocenters. The van der Waals surface area contributed by atoms with Crippen LogP contribution in [0, 0.1) is 6.92 Å². The van der Waals surface area contributed by atoms with Crippen molar-refractivity contribution < 1.29 is 4.74 Å². The number of nitrogens with zero attached hydrogens (tertiary/aromatic N) is 4. The summed E-state index contributed by atoms with van der Waals surface area (Å²) < 4.78 is 8.16. The van der Waals surface area contributed by atoms with Gasteiger partial charge in [-0.3, -0.25) is 4.57 Å². The van der Waals surface area contributed by atoms with E-state index in [9.17, 15) is 0 Å². The summed E-state index contributed by atoms with van der Waals surface area (Å²) >= 11 is 1.77. The predicted molar refractivity (Wildman–Crippen MR) is 113 cm³/mol. The second-order valence-electron chi connectivity index (χ2n) is 7.02. The zero-order valence-electron chi connectivity index (χ0n) is 16.3. The van der Waals surface area contributed by atoms with E-state index in [1.165, 1.54) is 25.9 Å². The van der Waals surface area contributed by atoms with Crippen LogP contribution < -0.4 is 4.74 Å². The monoisotopic (exact) mass is 394 g/mol. The van der Waals surface area contributed by atoms with Crippen LogP contribution in [0.5, 0.6) is 5.75 Å². The lowest BCUT2D eigenvalue weighted by atomic mass is 10.2. The molecule has 2 heterocycles. The Hall–Kier alpha value is -2.31. The van der Waals surface area contributed by atoms with E-state index < -0.39 is 0 Å². The molecule has 4 rings (SSSR count). The average Bonchev–Trinajstić information content (AvgIpc) is 3.38. The summed E-state index contributed by atoms with van der Waals surface area (Å²) in [6.07, 6.45) is 2.65. The van der Waals surface area contributed by atoms with Crippen LogP contribution in [0.1, 0.15) is 24.2 Å². The van der Waals surface area contributed by atoms with Crippen molar-refractivity contribution in [3.63, 3.8) is 0 Å². The number of hydrogen-bond donors (Lipinski definition) is 0. The molecule has 0 spiro atoms. The summed E-state index contributed by atoms with van der Waals surface area (Å²) in [7, 11) is 0. The molecular formula is C22H26N4OS. The molecule has 0 radical (unpaired) electrons. The van der Waals surface area contributed by atoms with Crippen molar-refractivity contribution in [3.05, 3.63) is 66.0 Å². The van der Waals surface area contributed by atoms with Crippen molar-refractivity contribution in [1.82, 2.24) is 19.7 Å². The molecule has 28 heavy (non-hydrogen) atoms. The molecule has 0 amide bonds. The number of benzene rings is 2. The third-order valence-corrected chi connectivity index (χ3v) is 5.91. The van der Waals surface area contributed by atoms with Gasteiger partial charge in [-0.05, 0) is 56.6 Å². The molecule has 1 fully saturated rings. The van der Waals surface area contributed by atoms with E-state index in [2.05, 4.69) is 44.8 Å². The third kappa shape index (κ3) is 4.56. The minimum absolute atomic E-state index is 0.388. The molecule has 0 aliphatic carbocycles. The maximum atomic E-state index is 6.04. The van der Waals surface area contributed by atoms with E-state index in [0.29, 0.717) is 6.61 Å². The molecule has 6 heteroatoms. The predicted octanol–water partition coefficient (Wildman–Crippen LogP) is 4.34. The van der Waals surface area contributed by atoms with Gasteiger partial charge in [-0.2, -0.15) is 0 Å². The molecule has 0 saturated carbocycles. The van der Waals surface area contributed by atoms with Gasteiger partial charge in [0.1, 0.15) is 12.4 Å². The molecule has 1 aliphatic heterocycles. The highest BCUT2D eigenvalue weighted by Crippen LogP contribution is 2.24. The quantitative estimate of drug-likeness (QED) is 0.532. The Morgan fingerprint density at radius 3 is 2.50 bits per heavy atom. The SMILES string of the molecule is Cc1ccccc1OCc1nnc(SCCN2CCCC2)n1-c1ccccc1. The van der Waals surface area contributed by atoms with Crippen LogP contribution in [0.4, 0.5) is 0 Å². The molecular weight excluding hydrogens is 368 g/mol. The minimum Gasteiger partial charge on any atom is -0.485 e. The van der Waals surface area contributed by atoms with Crippen LogP contribution in [0.15, 0.2) is 59.8 Å². The summed E-state index contributed by atoms with van der Waals surface area (Å²) in [4.78, 5) is 2.53. The van der Waals surface area contributed by atoms with Crippen LogP contribution in [0.2, 0.25) is 0 Å². The van der Waals surface area contributed by atoms with Gasteiger partial charge in [0.2, 0.25) is 0 Å². The smallest absolute Gasteiger partial charge is 0.195 e. The Kier molecular flexibility index (Phi) is 6.29. The fourth-order valence-corrected chi connectivity index (χ4v) is 4.43. The Labute approximate surface area is 170 Å². The lowest BCUT2D eigenvalue weighted by Crippen LogP contribution is -2.22. The lowest BCUT2D eigenvalue weighted by Gasteiger charge is -2.14. The molecule has 2 aromatic carbocycles. The van der Waals surface area contributed by atoms with Crippen molar-refractivity contribution >= 4 is 11.8 Å². The van der Waals surface area contributed by atoms with Crippen LogP contribution in [-0.4, -0.2) is 45.1 Å². The molecule has 1 aliphatic rings. The van der Waals surface area contributed by atoms with Gasteiger partial charge in [0.05, 0.1) is 0 Å². The molecule has 3 aromatic rings. The number of hydrogen-bond acceptors (Lipinski definition) is 5. The number of likely N-dealkylation sites (tertiary alicyclic amines) is 1. The maximum absolute atomic E-state index is 6.04. The van der Waals surface area contributed by atoms with Gasteiger partial charge in [-0.25, -0.2) is 0 Å². The van der Waals surface area contributed by atoms with Gasteiger partial charge < -0.3 is 9.64 Å². The summed E-state index contributed by atoms with van der Waals surface area (Å²) in [6, 6.07) is 18.3. The van der Waals surface area contributed by atoms with Gasteiger partial charge in [0.25, 0.3) is 0 Å². The van der Waals surface area contributed by atoms with E-state index >= 15 is 0 Å². The average molecular weight is 395 g/mol. The number of rotatable bonds is 8. The van der Waals surface area contributed by atoms with Crippen molar-refractivity contribution in [1.29, 1.82) is 0 Å². The van der Waals surface area contributed by atoms with Gasteiger partial charge in [-0.1, -0.05) is 48.2 Å². The van der Waals surface area contributed by atoms with E-state index in [-0.39, 0.29) is 0 Å². The molecule has 5 nitrogen and oxygen atoms in total. The fraction of sp³-hybridized carbons (Fsp3) is 0.364. The first kappa shape index (κ1) is 19.0. The van der Waals surface area contributed by atoms with Crippen LogP contribution in [0.3, 0.4) is 0 Å². The molecule has 0 atom stereocenters. The van der Waals surface area contributed by atoms with Gasteiger partial charge >= 0.3 is 0 Å². The van der Waals surface area contributed by atoms with E-state index in [1.807, 2.05) is 36.4 Å². The summed E-state index contributed by atoms with van der Waals surface area (Å²) in [6.45, 7) is 5.99. The lowest BCUT2D eigenvalue weighted by molar-refractivity contribution is 0.291. The second kappa shape index (κ2) is 9.26. The standard InChI is InChI=1S/C22H26N4OS/c1-18-9-5-6-12-20(18)27-17-21-23-24-22(26(21)19-10-3-2-4-11-19)28-16-15-25-13-7-8-14-25/h2-6,9-12H,7-8,13-17H2,1H3. The number of thioether (sulfide) groups is 1. The molecule has 0 N–H and O–H groups in total. The van der Waals surface area contributed by atoms with E-state index in [0.717, 1.165) is 40.3 Å².